The third-order valence-electron chi connectivity index (χ3n) is 2.87. The van der Waals surface area contributed by atoms with Gasteiger partial charge in [-0.25, -0.2) is 0 Å². The zero-order valence-corrected chi connectivity index (χ0v) is 10.7. The van der Waals surface area contributed by atoms with Crippen LogP contribution in [0.2, 0.25) is 0 Å². The SMILES string of the molecule is N#CCCCc1nc(-c2ccc3nccnc3c2)no1. The quantitative estimate of drug-likeness (QED) is 0.673. The standard InChI is InChI=1S/C14H11N5O/c15-6-2-1-3-13-18-14(19-20-13)10-4-5-11-12(9-10)17-8-7-16-11/h4-5,7-9H,1-3H2. The molecule has 1 aromatic carbocycles. The van der Waals surface area contributed by atoms with Crippen molar-refractivity contribution < 1.29 is 4.52 Å². The van der Waals surface area contributed by atoms with E-state index in [1.807, 2.05) is 18.2 Å². The topological polar surface area (TPSA) is 88.5 Å². The molecule has 0 bridgehead atoms. The maximum Gasteiger partial charge on any atom is 0.226 e. The van der Waals surface area contributed by atoms with E-state index in [1.165, 1.54) is 0 Å². The van der Waals surface area contributed by atoms with Gasteiger partial charge in [-0.3, -0.25) is 9.97 Å². The Balaban J connectivity index is 1.85. The molecule has 0 saturated heterocycles. The molecule has 6 nitrogen and oxygen atoms in total. The number of aromatic nitrogens is 4. The fraction of sp³-hybridized carbons (Fsp3) is 0.214. The molecule has 0 spiro atoms. The highest BCUT2D eigenvalue weighted by molar-refractivity contribution is 5.79. The number of aryl methyl sites for hydroxylation is 1. The molecule has 20 heavy (non-hydrogen) atoms. The summed E-state index contributed by atoms with van der Waals surface area (Å²) >= 11 is 0. The number of unbranched alkanes of at least 4 members (excludes halogenated alkanes) is 1. The number of fused-ring (bicyclic) bond motifs is 1. The molecule has 0 fully saturated rings. The van der Waals surface area contributed by atoms with E-state index in [4.69, 9.17) is 9.78 Å². The number of nitriles is 1. The minimum Gasteiger partial charge on any atom is -0.339 e. The molecule has 0 aliphatic rings. The van der Waals surface area contributed by atoms with Crippen molar-refractivity contribution >= 4 is 11.0 Å². The Morgan fingerprint density at radius 2 is 2.00 bits per heavy atom. The Morgan fingerprint density at radius 3 is 2.85 bits per heavy atom. The van der Waals surface area contributed by atoms with Crippen LogP contribution in [-0.4, -0.2) is 20.1 Å². The zero-order chi connectivity index (χ0) is 13.8. The number of hydrogen-bond donors (Lipinski definition) is 0. The lowest BCUT2D eigenvalue weighted by molar-refractivity contribution is 0.376. The van der Waals surface area contributed by atoms with Crippen LogP contribution in [0.3, 0.4) is 0 Å². The van der Waals surface area contributed by atoms with Crippen molar-refractivity contribution in [2.75, 3.05) is 0 Å². The molecule has 2 heterocycles. The molecule has 0 atom stereocenters. The molecule has 0 aliphatic heterocycles. The predicted octanol–water partition coefficient (Wildman–Crippen LogP) is 2.53. The van der Waals surface area contributed by atoms with Crippen molar-refractivity contribution in [3.8, 4) is 17.5 Å². The molecule has 3 rings (SSSR count). The summed E-state index contributed by atoms with van der Waals surface area (Å²) < 4.78 is 5.17. The summed E-state index contributed by atoms with van der Waals surface area (Å²) in [5, 5.41) is 12.5. The Bertz CT molecular complexity index is 774. The number of hydrogen-bond acceptors (Lipinski definition) is 6. The summed E-state index contributed by atoms with van der Waals surface area (Å²) in [6.07, 6.45) is 5.14. The van der Waals surface area contributed by atoms with Gasteiger partial charge in [0.05, 0.1) is 17.1 Å². The van der Waals surface area contributed by atoms with Gasteiger partial charge in [0.15, 0.2) is 0 Å². The lowest BCUT2D eigenvalue weighted by Gasteiger charge is -1.97. The lowest BCUT2D eigenvalue weighted by Crippen LogP contribution is -1.87. The van der Waals surface area contributed by atoms with E-state index < -0.39 is 0 Å². The molecule has 0 unspecified atom stereocenters. The first-order valence-electron chi connectivity index (χ1n) is 6.27. The molecular weight excluding hydrogens is 254 g/mol. The Labute approximate surface area is 115 Å². The summed E-state index contributed by atoms with van der Waals surface area (Å²) in [6.45, 7) is 0. The number of nitrogens with zero attached hydrogens (tertiary/aromatic N) is 5. The third-order valence-corrected chi connectivity index (χ3v) is 2.87. The molecule has 0 amide bonds. The predicted molar refractivity (Wildman–Crippen MR) is 71.4 cm³/mol. The first-order valence-corrected chi connectivity index (χ1v) is 6.27. The average Bonchev–Trinajstić information content (AvgIpc) is 2.96. The molecule has 3 aromatic rings. The van der Waals surface area contributed by atoms with E-state index in [2.05, 4.69) is 26.2 Å². The van der Waals surface area contributed by atoms with Crippen molar-refractivity contribution in [2.45, 2.75) is 19.3 Å². The van der Waals surface area contributed by atoms with Crippen molar-refractivity contribution in [2.24, 2.45) is 0 Å². The summed E-state index contributed by atoms with van der Waals surface area (Å²) in [5.74, 6) is 1.08. The van der Waals surface area contributed by atoms with Gasteiger partial charge in [0.1, 0.15) is 0 Å². The van der Waals surface area contributed by atoms with Crippen LogP contribution in [0.15, 0.2) is 35.1 Å². The summed E-state index contributed by atoms with van der Waals surface area (Å²) in [4.78, 5) is 12.8. The van der Waals surface area contributed by atoms with Crippen molar-refractivity contribution in [1.82, 2.24) is 20.1 Å². The van der Waals surface area contributed by atoms with Gasteiger partial charge in [0.25, 0.3) is 0 Å². The van der Waals surface area contributed by atoms with Crippen LogP contribution in [0.4, 0.5) is 0 Å². The van der Waals surface area contributed by atoms with E-state index >= 15 is 0 Å². The second-order valence-electron chi connectivity index (χ2n) is 4.28. The monoisotopic (exact) mass is 265 g/mol. The van der Waals surface area contributed by atoms with Crippen LogP contribution in [-0.2, 0) is 6.42 Å². The molecule has 0 saturated carbocycles. The maximum atomic E-state index is 8.50. The van der Waals surface area contributed by atoms with Crippen LogP contribution in [0.1, 0.15) is 18.7 Å². The highest BCUT2D eigenvalue weighted by Crippen LogP contribution is 2.20. The van der Waals surface area contributed by atoms with Gasteiger partial charge >= 0.3 is 0 Å². The fourth-order valence-corrected chi connectivity index (χ4v) is 1.89. The Hall–Kier alpha value is -2.81. The first-order chi connectivity index (χ1) is 9.86. The minimum atomic E-state index is 0.489. The second-order valence-corrected chi connectivity index (χ2v) is 4.28. The number of rotatable bonds is 4. The molecule has 0 N–H and O–H groups in total. The van der Waals surface area contributed by atoms with Crippen LogP contribution in [0.5, 0.6) is 0 Å². The smallest absolute Gasteiger partial charge is 0.226 e. The van der Waals surface area contributed by atoms with Crippen LogP contribution in [0.25, 0.3) is 22.4 Å². The van der Waals surface area contributed by atoms with Crippen LogP contribution < -0.4 is 0 Å². The normalized spacial score (nSPS) is 10.6. The molecule has 6 heteroatoms. The van der Waals surface area contributed by atoms with Crippen LogP contribution in [0, 0.1) is 11.3 Å². The number of benzene rings is 1. The molecule has 2 aromatic heterocycles. The molecule has 0 aliphatic carbocycles. The summed E-state index contributed by atoms with van der Waals surface area (Å²) in [7, 11) is 0. The van der Waals surface area contributed by atoms with E-state index in [9.17, 15) is 0 Å². The highest BCUT2D eigenvalue weighted by Gasteiger charge is 2.09. The lowest BCUT2D eigenvalue weighted by atomic mass is 10.2. The van der Waals surface area contributed by atoms with E-state index in [0.717, 1.165) is 23.0 Å². The van der Waals surface area contributed by atoms with Gasteiger partial charge in [0, 0.05) is 30.8 Å². The zero-order valence-electron chi connectivity index (χ0n) is 10.7. The van der Waals surface area contributed by atoms with E-state index in [-0.39, 0.29) is 0 Å². The third kappa shape index (κ3) is 2.47. The van der Waals surface area contributed by atoms with E-state index in [1.54, 1.807) is 12.4 Å². The van der Waals surface area contributed by atoms with E-state index in [0.29, 0.717) is 24.6 Å². The molecule has 0 radical (unpaired) electrons. The van der Waals surface area contributed by atoms with Crippen molar-refractivity contribution in [3.63, 3.8) is 0 Å². The van der Waals surface area contributed by atoms with Gasteiger partial charge in [-0.2, -0.15) is 10.2 Å². The van der Waals surface area contributed by atoms with Gasteiger partial charge < -0.3 is 4.52 Å². The highest BCUT2D eigenvalue weighted by atomic mass is 16.5. The van der Waals surface area contributed by atoms with Gasteiger partial charge in [0.2, 0.25) is 11.7 Å². The fourth-order valence-electron chi connectivity index (χ4n) is 1.89. The Morgan fingerprint density at radius 1 is 1.15 bits per heavy atom. The van der Waals surface area contributed by atoms with Crippen LogP contribution >= 0.6 is 0 Å². The van der Waals surface area contributed by atoms with Gasteiger partial charge in [-0.15, -0.1) is 0 Å². The van der Waals surface area contributed by atoms with Crippen molar-refractivity contribution in [3.05, 3.63) is 36.5 Å². The van der Waals surface area contributed by atoms with Gasteiger partial charge in [-0.1, -0.05) is 5.16 Å². The Kier molecular flexibility index (Phi) is 3.33. The largest absolute Gasteiger partial charge is 0.339 e. The summed E-state index contributed by atoms with van der Waals surface area (Å²) in [5.41, 5.74) is 2.46. The second kappa shape index (κ2) is 5.45. The first kappa shape index (κ1) is 12.2. The van der Waals surface area contributed by atoms with Gasteiger partial charge in [-0.05, 0) is 24.6 Å². The maximum absolute atomic E-state index is 8.50. The molecule has 98 valence electrons. The molecular formula is C14H11N5O. The van der Waals surface area contributed by atoms with Crippen molar-refractivity contribution in [1.29, 1.82) is 5.26 Å². The summed E-state index contributed by atoms with van der Waals surface area (Å²) in [6, 6.07) is 7.74. The average molecular weight is 265 g/mol. The minimum absolute atomic E-state index is 0.489.